The molecular formula is C27H29NO4. The van der Waals surface area contributed by atoms with Crippen LogP contribution in [-0.4, -0.2) is 25.9 Å². The van der Waals surface area contributed by atoms with Crippen molar-refractivity contribution < 1.29 is 19.1 Å². The molecule has 0 spiro atoms. The van der Waals surface area contributed by atoms with E-state index in [0.29, 0.717) is 28.3 Å². The van der Waals surface area contributed by atoms with Crippen molar-refractivity contribution in [3.63, 3.8) is 0 Å². The zero-order valence-electron chi connectivity index (χ0n) is 19.2. The van der Waals surface area contributed by atoms with Gasteiger partial charge in [0.2, 0.25) is 5.91 Å². The Labute approximate surface area is 189 Å². The molecular weight excluding hydrogens is 402 g/mol. The number of amides is 1. The Balaban J connectivity index is 1.70. The maximum absolute atomic E-state index is 12.9. The summed E-state index contributed by atoms with van der Waals surface area (Å²) in [7, 11) is 3.12. The number of carbonyl (C=O) groups is 2. The molecule has 32 heavy (non-hydrogen) atoms. The van der Waals surface area contributed by atoms with E-state index in [1.54, 1.807) is 50.6 Å². The zero-order chi connectivity index (χ0) is 23.3. The summed E-state index contributed by atoms with van der Waals surface area (Å²) in [5, 5.41) is 2.87. The monoisotopic (exact) mass is 431 g/mol. The molecule has 0 saturated carbocycles. The number of benzene rings is 3. The van der Waals surface area contributed by atoms with E-state index in [2.05, 4.69) is 26.1 Å². The maximum atomic E-state index is 12.9. The highest BCUT2D eigenvalue weighted by Crippen LogP contribution is 2.28. The first-order valence-corrected chi connectivity index (χ1v) is 10.5. The molecule has 0 aliphatic heterocycles. The van der Waals surface area contributed by atoms with Crippen molar-refractivity contribution in [1.29, 1.82) is 0 Å². The molecule has 0 heterocycles. The molecule has 0 aliphatic rings. The van der Waals surface area contributed by atoms with Crippen LogP contribution in [0, 0.1) is 0 Å². The number of hydrogen-bond donors (Lipinski definition) is 1. The van der Waals surface area contributed by atoms with E-state index in [1.165, 1.54) is 5.56 Å². The number of rotatable bonds is 7. The highest BCUT2D eigenvalue weighted by atomic mass is 16.5. The first-order valence-electron chi connectivity index (χ1n) is 10.5. The summed E-state index contributed by atoms with van der Waals surface area (Å²) in [5.41, 5.74) is 3.72. The summed E-state index contributed by atoms with van der Waals surface area (Å²) >= 11 is 0. The molecule has 0 fully saturated rings. The number of anilines is 1. The maximum Gasteiger partial charge on any atom is 0.228 e. The standard InChI is InChI=1S/C27H29NO4/c1-27(2,3)21-12-10-19(11-13-21)26(30)20-7-6-8-22(17-20)28-25(29)16-18-9-14-23(31-4)24(15-18)32-5/h6-15,17H,16H2,1-5H3,(H,28,29). The van der Waals surface area contributed by atoms with Crippen LogP contribution in [0.3, 0.4) is 0 Å². The normalized spacial score (nSPS) is 11.0. The number of hydrogen-bond acceptors (Lipinski definition) is 4. The number of nitrogens with one attached hydrogen (secondary N) is 1. The summed E-state index contributed by atoms with van der Waals surface area (Å²) in [6.07, 6.45) is 0.173. The Morgan fingerprint density at radius 2 is 1.50 bits per heavy atom. The minimum Gasteiger partial charge on any atom is -0.493 e. The molecule has 5 nitrogen and oxygen atoms in total. The second-order valence-electron chi connectivity index (χ2n) is 8.65. The highest BCUT2D eigenvalue weighted by Gasteiger charge is 2.16. The van der Waals surface area contributed by atoms with Gasteiger partial charge in [-0.25, -0.2) is 0 Å². The highest BCUT2D eigenvalue weighted by molar-refractivity contribution is 6.09. The quantitative estimate of drug-likeness (QED) is 0.508. The van der Waals surface area contributed by atoms with Gasteiger partial charge in [-0.15, -0.1) is 0 Å². The molecule has 0 saturated heterocycles. The molecule has 166 valence electrons. The van der Waals surface area contributed by atoms with Crippen molar-refractivity contribution >= 4 is 17.4 Å². The Bertz CT molecular complexity index is 1110. The van der Waals surface area contributed by atoms with Crippen molar-refractivity contribution in [3.8, 4) is 11.5 Å². The SMILES string of the molecule is COc1ccc(CC(=O)Nc2cccc(C(=O)c3ccc(C(C)(C)C)cc3)c2)cc1OC. The van der Waals surface area contributed by atoms with Crippen molar-refractivity contribution in [2.45, 2.75) is 32.6 Å². The predicted octanol–water partition coefficient (Wildman–Crippen LogP) is 5.41. The van der Waals surface area contributed by atoms with E-state index in [1.807, 2.05) is 30.3 Å². The fourth-order valence-corrected chi connectivity index (χ4v) is 3.41. The third-order valence-electron chi connectivity index (χ3n) is 5.23. The number of ketones is 1. The van der Waals surface area contributed by atoms with Crippen LogP contribution in [0.4, 0.5) is 5.69 Å². The molecule has 0 radical (unpaired) electrons. The van der Waals surface area contributed by atoms with E-state index in [0.717, 1.165) is 5.56 Å². The van der Waals surface area contributed by atoms with Crippen molar-refractivity contribution in [3.05, 3.63) is 89.0 Å². The zero-order valence-corrected chi connectivity index (χ0v) is 19.2. The van der Waals surface area contributed by atoms with Gasteiger partial charge in [0.1, 0.15) is 0 Å². The van der Waals surface area contributed by atoms with Crippen molar-refractivity contribution in [1.82, 2.24) is 0 Å². The van der Waals surface area contributed by atoms with E-state index in [9.17, 15) is 9.59 Å². The fraction of sp³-hybridized carbons (Fsp3) is 0.259. The fourth-order valence-electron chi connectivity index (χ4n) is 3.41. The van der Waals surface area contributed by atoms with Gasteiger partial charge in [-0.2, -0.15) is 0 Å². The molecule has 3 rings (SSSR count). The lowest BCUT2D eigenvalue weighted by atomic mass is 9.86. The molecule has 0 aromatic heterocycles. The minimum atomic E-state index is -0.184. The summed E-state index contributed by atoms with van der Waals surface area (Å²) in [5.74, 6) is 0.916. The molecule has 3 aromatic rings. The Morgan fingerprint density at radius 1 is 0.812 bits per heavy atom. The summed E-state index contributed by atoms with van der Waals surface area (Å²) < 4.78 is 10.5. The molecule has 0 atom stereocenters. The average molecular weight is 432 g/mol. The molecule has 0 unspecified atom stereocenters. The van der Waals surface area contributed by atoms with Gasteiger partial charge in [-0.05, 0) is 40.8 Å². The largest absolute Gasteiger partial charge is 0.493 e. The molecule has 1 N–H and O–H groups in total. The Kier molecular flexibility index (Phi) is 6.98. The Morgan fingerprint density at radius 3 is 2.12 bits per heavy atom. The molecule has 0 aliphatic carbocycles. The third-order valence-corrected chi connectivity index (χ3v) is 5.23. The lowest BCUT2D eigenvalue weighted by molar-refractivity contribution is -0.115. The lowest BCUT2D eigenvalue weighted by Crippen LogP contribution is -2.15. The van der Waals surface area contributed by atoms with Gasteiger partial charge in [0.05, 0.1) is 20.6 Å². The first kappa shape index (κ1) is 23.1. The second-order valence-corrected chi connectivity index (χ2v) is 8.65. The van der Waals surface area contributed by atoms with Crippen LogP contribution in [0.15, 0.2) is 66.7 Å². The van der Waals surface area contributed by atoms with Gasteiger partial charge in [-0.3, -0.25) is 9.59 Å². The lowest BCUT2D eigenvalue weighted by Gasteiger charge is -2.19. The van der Waals surface area contributed by atoms with E-state index in [-0.39, 0.29) is 23.5 Å². The van der Waals surface area contributed by atoms with Gasteiger partial charge < -0.3 is 14.8 Å². The van der Waals surface area contributed by atoms with Crippen LogP contribution in [0.5, 0.6) is 11.5 Å². The van der Waals surface area contributed by atoms with Gasteiger partial charge >= 0.3 is 0 Å². The predicted molar refractivity (Wildman–Crippen MR) is 127 cm³/mol. The first-order chi connectivity index (χ1) is 15.2. The van der Waals surface area contributed by atoms with Gasteiger partial charge in [0.15, 0.2) is 17.3 Å². The molecule has 5 heteroatoms. The molecule has 0 bridgehead atoms. The minimum absolute atomic E-state index is 0.0275. The topological polar surface area (TPSA) is 64.6 Å². The van der Waals surface area contributed by atoms with E-state index < -0.39 is 0 Å². The smallest absolute Gasteiger partial charge is 0.228 e. The van der Waals surface area contributed by atoms with Crippen molar-refractivity contribution in [2.75, 3.05) is 19.5 Å². The molecule has 1 amide bonds. The Hall–Kier alpha value is -3.60. The van der Waals surface area contributed by atoms with Crippen LogP contribution in [0.2, 0.25) is 0 Å². The van der Waals surface area contributed by atoms with Crippen LogP contribution in [0.25, 0.3) is 0 Å². The van der Waals surface area contributed by atoms with Gasteiger partial charge in [-0.1, -0.05) is 63.2 Å². The van der Waals surface area contributed by atoms with Crippen LogP contribution < -0.4 is 14.8 Å². The number of methoxy groups -OCH3 is 2. The number of carbonyl (C=O) groups excluding carboxylic acids is 2. The van der Waals surface area contributed by atoms with E-state index >= 15 is 0 Å². The number of ether oxygens (including phenoxy) is 2. The van der Waals surface area contributed by atoms with Crippen LogP contribution in [0.1, 0.15) is 47.8 Å². The van der Waals surface area contributed by atoms with Gasteiger partial charge in [0.25, 0.3) is 0 Å². The third kappa shape index (κ3) is 5.55. The molecule has 3 aromatic carbocycles. The summed E-state index contributed by atoms with van der Waals surface area (Å²) in [4.78, 5) is 25.5. The van der Waals surface area contributed by atoms with E-state index in [4.69, 9.17) is 9.47 Å². The summed E-state index contributed by atoms with van der Waals surface area (Å²) in [6.45, 7) is 6.41. The van der Waals surface area contributed by atoms with Crippen LogP contribution >= 0.6 is 0 Å². The van der Waals surface area contributed by atoms with Crippen LogP contribution in [-0.2, 0) is 16.6 Å². The summed E-state index contributed by atoms with van der Waals surface area (Å²) in [6, 6.07) is 20.0. The van der Waals surface area contributed by atoms with Crippen molar-refractivity contribution in [2.24, 2.45) is 0 Å². The second kappa shape index (κ2) is 9.69. The average Bonchev–Trinajstić information content (AvgIpc) is 2.78. The van der Waals surface area contributed by atoms with Gasteiger partial charge in [0, 0.05) is 16.8 Å².